The monoisotopic (exact) mass is 234 g/mol. The molecule has 1 aliphatic rings. The maximum Gasteiger partial charge on any atom is 0.243 e. The summed E-state index contributed by atoms with van der Waals surface area (Å²) in [4.78, 5) is 13.9. The van der Waals surface area contributed by atoms with Crippen molar-refractivity contribution < 1.29 is 9.53 Å². The number of amides is 1. The molecule has 0 spiro atoms. The van der Waals surface area contributed by atoms with Gasteiger partial charge in [0.05, 0.1) is 18.8 Å². The molecule has 17 heavy (non-hydrogen) atoms. The van der Waals surface area contributed by atoms with E-state index in [9.17, 15) is 4.79 Å². The minimum absolute atomic E-state index is 0.0510. The molecule has 4 heteroatoms. The highest BCUT2D eigenvalue weighted by Crippen LogP contribution is 2.27. The van der Waals surface area contributed by atoms with Crippen LogP contribution in [-0.2, 0) is 4.79 Å². The van der Waals surface area contributed by atoms with Crippen LogP contribution < -0.4 is 15.0 Å². The number of ether oxygens (including phenoxy) is 1. The van der Waals surface area contributed by atoms with Gasteiger partial charge in [-0.15, -0.1) is 0 Å². The van der Waals surface area contributed by atoms with Crippen molar-refractivity contribution in [1.82, 2.24) is 5.32 Å². The molecule has 1 saturated heterocycles. The van der Waals surface area contributed by atoms with E-state index in [2.05, 4.69) is 5.32 Å². The number of methoxy groups -OCH3 is 1. The predicted octanol–water partition coefficient (Wildman–Crippen LogP) is 1.41. The average Bonchev–Trinajstić information content (AvgIpc) is 2.90. The Bertz CT molecular complexity index is 400. The summed E-state index contributed by atoms with van der Waals surface area (Å²) in [7, 11) is 3.41. The highest BCUT2D eigenvalue weighted by Gasteiger charge is 2.26. The van der Waals surface area contributed by atoms with Crippen LogP contribution in [0.1, 0.15) is 12.8 Å². The topological polar surface area (TPSA) is 41.6 Å². The molecule has 1 aromatic carbocycles. The summed E-state index contributed by atoms with van der Waals surface area (Å²) < 4.78 is 5.26. The van der Waals surface area contributed by atoms with Crippen LogP contribution >= 0.6 is 0 Å². The average molecular weight is 234 g/mol. The van der Waals surface area contributed by atoms with Crippen LogP contribution in [0.15, 0.2) is 24.3 Å². The largest absolute Gasteiger partial charge is 0.495 e. The predicted molar refractivity (Wildman–Crippen MR) is 67.4 cm³/mol. The Morgan fingerprint density at radius 2 is 2.24 bits per heavy atom. The molecule has 0 aromatic heterocycles. The molecule has 1 amide bonds. The lowest BCUT2D eigenvalue weighted by atomic mass is 10.2. The van der Waals surface area contributed by atoms with Gasteiger partial charge in [-0.3, -0.25) is 4.79 Å². The molecule has 0 bridgehead atoms. The highest BCUT2D eigenvalue weighted by molar-refractivity contribution is 5.98. The number of nitrogens with one attached hydrogen (secondary N) is 1. The number of nitrogens with zero attached hydrogens (tertiary/aromatic N) is 1. The number of hydrogen-bond donors (Lipinski definition) is 1. The summed E-state index contributed by atoms with van der Waals surface area (Å²) in [5.74, 6) is 0.827. The molecular formula is C13H18N2O2. The lowest BCUT2D eigenvalue weighted by Gasteiger charge is -2.23. The number of carbonyl (C=O) groups excluding carboxylic acids is 1. The summed E-state index contributed by atoms with van der Waals surface area (Å²) in [5.41, 5.74) is 0.814. The first kappa shape index (κ1) is 11.9. The maximum absolute atomic E-state index is 12.2. The number of anilines is 1. The molecule has 92 valence electrons. The first-order valence-electron chi connectivity index (χ1n) is 5.88. The minimum Gasteiger partial charge on any atom is -0.495 e. The van der Waals surface area contributed by atoms with Gasteiger partial charge in [0.15, 0.2) is 0 Å². The van der Waals surface area contributed by atoms with Gasteiger partial charge in [-0.1, -0.05) is 12.1 Å². The van der Waals surface area contributed by atoms with E-state index in [0.29, 0.717) is 0 Å². The molecule has 0 aliphatic carbocycles. The first-order valence-corrected chi connectivity index (χ1v) is 5.88. The lowest BCUT2D eigenvalue weighted by Crippen LogP contribution is -2.41. The van der Waals surface area contributed by atoms with Gasteiger partial charge in [0.2, 0.25) is 5.91 Å². The van der Waals surface area contributed by atoms with Crippen LogP contribution in [0.2, 0.25) is 0 Å². The Labute approximate surface area is 102 Å². The Hall–Kier alpha value is -1.55. The zero-order valence-electron chi connectivity index (χ0n) is 10.3. The summed E-state index contributed by atoms with van der Waals surface area (Å²) in [6.45, 7) is 0.927. The van der Waals surface area contributed by atoms with Crippen LogP contribution in [0.4, 0.5) is 5.69 Å². The molecule has 1 atom stereocenters. The van der Waals surface area contributed by atoms with Crippen molar-refractivity contribution in [1.29, 1.82) is 0 Å². The molecule has 1 N–H and O–H groups in total. The van der Waals surface area contributed by atoms with Gasteiger partial charge in [-0.05, 0) is 31.5 Å². The molecule has 1 aliphatic heterocycles. The van der Waals surface area contributed by atoms with Crippen molar-refractivity contribution in [3.8, 4) is 5.75 Å². The zero-order chi connectivity index (χ0) is 12.3. The number of likely N-dealkylation sites (N-methyl/N-ethyl adjacent to an activating group) is 1. The van der Waals surface area contributed by atoms with Crippen molar-refractivity contribution in [3.63, 3.8) is 0 Å². The fourth-order valence-corrected chi connectivity index (χ4v) is 2.15. The number of carbonyl (C=O) groups is 1. The van der Waals surface area contributed by atoms with Crippen molar-refractivity contribution in [3.05, 3.63) is 24.3 Å². The third-order valence-corrected chi connectivity index (χ3v) is 3.14. The van der Waals surface area contributed by atoms with Crippen molar-refractivity contribution in [2.24, 2.45) is 0 Å². The molecule has 0 radical (unpaired) electrons. The zero-order valence-corrected chi connectivity index (χ0v) is 10.3. The van der Waals surface area contributed by atoms with Crippen molar-refractivity contribution >= 4 is 11.6 Å². The summed E-state index contributed by atoms with van der Waals surface area (Å²) in [5, 5.41) is 3.21. The molecule has 1 heterocycles. The van der Waals surface area contributed by atoms with E-state index in [1.54, 1.807) is 19.1 Å². The quantitative estimate of drug-likeness (QED) is 0.859. The van der Waals surface area contributed by atoms with Gasteiger partial charge < -0.3 is 15.0 Å². The van der Waals surface area contributed by atoms with Crippen LogP contribution in [0, 0.1) is 0 Å². The second-order valence-corrected chi connectivity index (χ2v) is 4.22. The van der Waals surface area contributed by atoms with E-state index in [-0.39, 0.29) is 11.9 Å². The van der Waals surface area contributed by atoms with E-state index in [4.69, 9.17) is 4.74 Å². The first-order chi connectivity index (χ1) is 8.24. The molecule has 4 nitrogen and oxygen atoms in total. The Morgan fingerprint density at radius 3 is 2.88 bits per heavy atom. The van der Waals surface area contributed by atoms with Crippen LogP contribution in [0.5, 0.6) is 5.75 Å². The molecular weight excluding hydrogens is 216 g/mol. The second-order valence-electron chi connectivity index (χ2n) is 4.22. The highest BCUT2D eigenvalue weighted by atomic mass is 16.5. The smallest absolute Gasteiger partial charge is 0.243 e. The number of hydrogen-bond acceptors (Lipinski definition) is 3. The van der Waals surface area contributed by atoms with Gasteiger partial charge in [0.25, 0.3) is 0 Å². The number of rotatable bonds is 3. The minimum atomic E-state index is -0.0510. The van der Waals surface area contributed by atoms with Gasteiger partial charge >= 0.3 is 0 Å². The van der Waals surface area contributed by atoms with Crippen molar-refractivity contribution in [2.75, 3.05) is 25.6 Å². The van der Waals surface area contributed by atoms with Gasteiger partial charge in [-0.25, -0.2) is 0 Å². The fraction of sp³-hybridized carbons (Fsp3) is 0.462. The van der Waals surface area contributed by atoms with Crippen LogP contribution in [-0.4, -0.2) is 32.7 Å². The number of benzene rings is 1. The third kappa shape index (κ3) is 2.42. The van der Waals surface area contributed by atoms with E-state index in [1.807, 2.05) is 24.3 Å². The van der Waals surface area contributed by atoms with Crippen LogP contribution in [0.25, 0.3) is 0 Å². The van der Waals surface area contributed by atoms with E-state index in [0.717, 1.165) is 30.8 Å². The van der Waals surface area contributed by atoms with Gasteiger partial charge in [0, 0.05) is 7.05 Å². The molecule has 2 rings (SSSR count). The molecule has 0 saturated carbocycles. The summed E-state index contributed by atoms with van der Waals surface area (Å²) in [6, 6.07) is 7.51. The van der Waals surface area contributed by atoms with Crippen LogP contribution in [0.3, 0.4) is 0 Å². The molecule has 1 fully saturated rings. The Morgan fingerprint density at radius 1 is 1.47 bits per heavy atom. The summed E-state index contributed by atoms with van der Waals surface area (Å²) >= 11 is 0. The Balaban J connectivity index is 2.17. The standard InChI is InChI=1S/C13H18N2O2/c1-15(13(16)10-6-5-9-14-10)11-7-3-4-8-12(11)17-2/h3-4,7-8,10,14H,5-6,9H2,1-2H3/t10-/m0/s1. The third-order valence-electron chi connectivity index (χ3n) is 3.14. The fourth-order valence-electron chi connectivity index (χ4n) is 2.15. The van der Waals surface area contributed by atoms with E-state index in [1.165, 1.54) is 0 Å². The normalized spacial score (nSPS) is 19.1. The van der Waals surface area contributed by atoms with Gasteiger partial charge in [0.1, 0.15) is 5.75 Å². The lowest BCUT2D eigenvalue weighted by molar-refractivity contribution is -0.119. The molecule has 1 aromatic rings. The number of para-hydroxylation sites is 2. The SMILES string of the molecule is COc1ccccc1N(C)C(=O)[C@@H]1CCCN1. The van der Waals surface area contributed by atoms with Crippen molar-refractivity contribution in [2.45, 2.75) is 18.9 Å². The Kier molecular flexibility index (Phi) is 3.64. The van der Waals surface area contributed by atoms with E-state index >= 15 is 0 Å². The second kappa shape index (κ2) is 5.19. The summed E-state index contributed by atoms with van der Waals surface area (Å²) in [6.07, 6.45) is 1.98. The van der Waals surface area contributed by atoms with Gasteiger partial charge in [-0.2, -0.15) is 0 Å². The van der Waals surface area contributed by atoms with E-state index < -0.39 is 0 Å². The molecule has 0 unspecified atom stereocenters. The maximum atomic E-state index is 12.2.